The molecule has 0 fully saturated rings. The van der Waals surface area contributed by atoms with Crippen LogP contribution >= 0.6 is 0 Å². The lowest BCUT2D eigenvalue weighted by Crippen LogP contribution is -2.49. The number of nitrogens with one attached hydrogen (secondary N) is 1. The molecule has 0 rings (SSSR count). The first-order valence-corrected chi connectivity index (χ1v) is 7.84. The van der Waals surface area contributed by atoms with Gasteiger partial charge in [-0.15, -0.1) is 0 Å². The van der Waals surface area contributed by atoms with Crippen LogP contribution in [0.1, 0.15) is 74.1 Å². The van der Waals surface area contributed by atoms with Crippen LogP contribution in [0.15, 0.2) is 0 Å². The van der Waals surface area contributed by atoms with Crippen molar-refractivity contribution in [1.82, 2.24) is 10.2 Å². The molecule has 0 aliphatic heterocycles. The van der Waals surface area contributed by atoms with Crippen LogP contribution in [0.2, 0.25) is 0 Å². The predicted molar refractivity (Wildman–Crippen MR) is 83.2 cm³/mol. The molecule has 0 bridgehead atoms. The summed E-state index contributed by atoms with van der Waals surface area (Å²) in [5.74, 6) is 0. The van der Waals surface area contributed by atoms with E-state index >= 15 is 0 Å². The van der Waals surface area contributed by atoms with Crippen LogP contribution < -0.4 is 5.32 Å². The Morgan fingerprint density at radius 3 is 2.11 bits per heavy atom. The molecule has 18 heavy (non-hydrogen) atoms. The normalized spacial score (nSPS) is 14.5. The highest BCUT2D eigenvalue weighted by Gasteiger charge is 2.20. The summed E-state index contributed by atoms with van der Waals surface area (Å²) >= 11 is 0. The summed E-state index contributed by atoms with van der Waals surface area (Å²) in [6, 6.07) is 1.26. The number of hydrogen-bond acceptors (Lipinski definition) is 2. The first kappa shape index (κ1) is 17.9. The molecule has 0 aromatic carbocycles. The molecule has 2 nitrogen and oxygen atoms in total. The molecule has 110 valence electrons. The van der Waals surface area contributed by atoms with Crippen molar-refractivity contribution in [1.29, 1.82) is 0 Å². The maximum absolute atomic E-state index is 3.69. The highest BCUT2D eigenvalue weighted by atomic mass is 15.2. The van der Waals surface area contributed by atoms with E-state index in [1.807, 2.05) is 0 Å². The zero-order chi connectivity index (χ0) is 14.2. The van der Waals surface area contributed by atoms with Gasteiger partial charge < -0.3 is 5.32 Å². The van der Waals surface area contributed by atoms with Gasteiger partial charge in [-0.3, -0.25) is 4.90 Å². The Bertz CT molecular complexity index is 199. The number of nitrogens with zero attached hydrogens (tertiary/aromatic N) is 1. The number of unbranched alkanes of at least 4 members (excludes halogenated alkanes) is 2. The maximum Gasteiger partial charge on any atom is 0.0195 e. The van der Waals surface area contributed by atoms with Crippen LogP contribution in [-0.4, -0.2) is 35.6 Å². The second-order valence-corrected chi connectivity index (χ2v) is 6.51. The van der Waals surface area contributed by atoms with Gasteiger partial charge in [0.15, 0.2) is 0 Å². The van der Waals surface area contributed by atoms with Gasteiger partial charge in [0.2, 0.25) is 0 Å². The van der Waals surface area contributed by atoms with Crippen molar-refractivity contribution in [2.24, 2.45) is 0 Å². The SMILES string of the molecule is CCCCCN(C(C)C)C(C)CNC(C)(C)CC. The first-order valence-electron chi connectivity index (χ1n) is 7.84. The minimum absolute atomic E-state index is 0.264. The van der Waals surface area contributed by atoms with Gasteiger partial charge in [-0.1, -0.05) is 26.7 Å². The fraction of sp³-hybridized carbons (Fsp3) is 1.00. The van der Waals surface area contributed by atoms with Gasteiger partial charge in [0, 0.05) is 24.2 Å². The van der Waals surface area contributed by atoms with Crippen molar-refractivity contribution in [2.75, 3.05) is 13.1 Å². The average molecular weight is 256 g/mol. The van der Waals surface area contributed by atoms with Gasteiger partial charge in [-0.05, 0) is 54.0 Å². The Hall–Kier alpha value is -0.0800. The lowest BCUT2D eigenvalue weighted by atomic mass is 10.0. The number of rotatable bonds is 10. The van der Waals surface area contributed by atoms with Gasteiger partial charge in [0.05, 0.1) is 0 Å². The van der Waals surface area contributed by atoms with Crippen molar-refractivity contribution in [3.8, 4) is 0 Å². The Morgan fingerprint density at radius 1 is 1.06 bits per heavy atom. The highest BCUT2D eigenvalue weighted by molar-refractivity contribution is 4.80. The van der Waals surface area contributed by atoms with E-state index < -0.39 is 0 Å². The van der Waals surface area contributed by atoms with Crippen molar-refractivity contribution in [2.45, 2.75) is 91.8 Å². The van der Waals surface area contributed by atoms with E-state index in [-0.39, 0.29) is 5.54 Å². The average Bonchev–Trinajstić information content (AvgIpc) is 2.31. The van der Waals surface area contributed by atoms with E-state index in [4.69, 9.17) is 0 Å². The van der Waals surface area contributed by atoms with Gasteiger partial charge in [-0.2, -0.15) is 0 Å². The van der Waals surface area contributed by atoms with Crippen molar-refractivity contribution in [3.05, 3.63) is 0 Å². The summed E-state index contributed by atoms with van der Waals surface area (Å²) in [4.78, 5) is 2.63. The molecule has 1 N–H and O–H groups in total. The maximum atomic E-state index is 3.69. The summed E-state index contributed by atoms with van der Waals surface area (Å²) in [6.07, 6.45) is 5.17. The summed E-state index contributed by atoms with van der Waals surface area (Å²) in [7, 11) is 0. The standard InChI is InChI=1S/C16H36N2/c1-8-10-11-12-18(14(3)4)15(5)13-17-16(6,7)9-2/h14-15,17H,8-13H2,1-7H3. The van der Waals surface area contributed by atoms with Crippen LogP contribution in [0.3, 0.4) is 0 Å². The fourth-order valence-electron chi connectivity index (χ4n) is 2.20. The Kier molecular flexibility index (Phi) is 8.89. The summed E-state index contributed by atoms with van der Waals surface area (Å²) < 4.78 is 0. The topological polar surface area (TPSA) is 15.3 Å². The van der Waals surface area contributed by atoms with E-state index in [0.29, 0.717) is 12.1 Å². The second kappa shape index (κ2) is 8.92. The van der Waals surface area contributed by atoms with Gasteiger partial charge >= 0.3 is 0 Å². The zero-order valence-corrected chi connectivity index (χ0v) is 13.8. The van der Waals surface area contributed by atoms with Gasteiger partial charge in [-0.25, -0.2) is 0 Å². The van der Waals surface area contributed by atoms with Crippen molar-refractivity contribution >= 4 is 0 Å². The molecule has 0 aromatic rings. The fourth-order valence-corrected chi connectivity index (χ4v) is 2.20. The Labute approximate surface area is 116 Å². The predicted octanol–water partition coefficient (Wildman–Crippen LogP) is 4.05. The molecule has 0 aromatic heterocycles. The second-order valence-electron chi connectivity index (χ2n) is 6.51. The van der Waals surface area contributed by atoms with Crippen LogP contribution in [-0.2, 0) is 0 Å². The van der Waals surface area contributed by atoms with Crippen molar-refractivity contribution in [3.63, 3.8) is 0 Å². The first-order chi connectivity index (χ1) is 8.34. The molecule has 1 atom stereocenters. The Morgan fingerprint density at radius 2 is 1.67 bits per heavy atom. The van der Waals surface area contributed by atoms with Crippen LogP contribution in [0.5, 0.6) is 0 Å². The molecule has 0 saturated heterocycles. The third-order valence-corrected chi connectivity index (χ3v) is 4.01. The van der Waals surface area contributed by atoms with E-state index in [1.165, 1.54) is 32.2 Å². The Balaban J connectivity index is 4.17. The summed E-state index contributed by atoms with van der Waals surface area (Å²) in [5.41, 5.74) is 0.264. The largest absolute Gasteiger partial charge is 0.310 e. The summed E-state index contributed by atoms with van der Waals surface area (Å²) in [6.45, 7) is 18.4. The van der Waals surface area contributed by atoms with Gasteiger partial charge in [0.25, 0.3) is 0 Å². The van der Waals surface area contributed by atoms with E-state index in [1.54, 1.807) is 0 Å². The van der Waals surface area contributed by atoms with E-state index in [9.17, 15) is 0 Å². The smallest absolute Gasteiger partial charge is 0.0195 e. The molecule has 0 spiro atoms. The van der Waals surface area contributed by atoms with Crippen LogP contribution in [0, 0.1) is 0 Å². The molecule has 2 heteroatoms. The quantitative estimate of drug-likeness (QED) is 0.593. The monoisotopic (exact) mass is 256 g/mol. The number of hydrogen-bond donors (Lipinski definition) is 1. The third kappa shape index (κ3) is 7.38. The summed E-state index contributed by atoms with van der Waals surface area (Å²) in [5, 5.41) is 3.69. The van der Waals surface area contributed by atoms with E-state index in [0.717, 1.165) is 6.54 Å². The van der Waals surface area contributed by atoms with Crippen molar-refractivity contribution < 1.29 is 0 Å². The molecule has 0 amide bonds. The molecular weight excluding hydrogens is 220 g/mol. The zero-order valence-electron chi connectivity index (χ0n) is 13.8. The van der Waals surface area contributed by atoms with Gasteiger partial charge in [0.1, 0.15) is 0 Å². The molecule has 0 aliphatic carbocycles. The van der Waals surface area contributed by atoms with Crippen LogP contribution in [0.4, 0.5) is 0 Å². The third-order valence-electron chi connectivity index (χ3n) is 4.01. The highest BCUT2D eigenvalue weighted by Crippen LogP contribution is 2.11. The minimum atomic E-state index is 0.264. The van der Waals surface area contributed by atoms with E-state index in [2.05, 4.69) is 58.7 Å². The molecule has 0 saturated carbocycles. The molecule has 0 heterocycles. The molecule has 0 aliphatic rings. The molecular formula is C16H36N2. The molecule has 1 unspecified atom stereocenters. The minimum Gasteiger partial charge on any atom is -0.310 e. The van der Waals surface area contributed by atoms with Crippen LogP contribution in [0.25, 0.3) is 0 Å². The lowest BCUT2D eigenvalue weighted by Gasteiger charge is -2.35. The lowest BCUT2D eigenvalue weighted by molar-refractivity contribution is 0.149. The molecule has 0 radical (unpaired) electrons.